The molecule has 0 amide bonds. The van der Waals surface area contributed by atoms with Crippen molar-refractivity contribution >= 4 is 0 Å². The largest absolute Gasteiger partial charge is 0.411 e. The fourth-order valence-corrected chi connectivity index (χ4v) is 1.39. The van der Waals surface area contributed by atoms with E-state index in [-0.39, 0.29) is 6.73 Å². The molecule has 7 heteroatoms. The van der Waals surface area contributed by atoms with E-state index < -0.39 is 12.8 Å². The van der Waals surface area contributed by atoms with Crippen LogP contribution < -0.4 is 5.32 Å². The Morgan fingerprint density at radius 2 is 2.17 bits per heavy atom. The van der Waals surface area contributed by atoms with Gasteiger partial charge in [0, 0.05) is 32.1 Å². The van der Waals surface area contributed by atoms with Crippen LogP contribution in [0.15, 0.2) is 18.3 Å². The van der Waals surface area contributed by atoms with E-state index in [9.17, 15) is 13.2 Å². The number of methoxy groups -OCH3 is 1. The summed E-state index contributed by atoms with van der Waals surface area (Å²) in [7, 11) is 1.61. The van der Waals surface area contributed by atoms with Gasteiger partial charge in [0.25, 0.3) is 0 Å². The predicted octanol–water partition coefficient (Wildman–Crippen LogP) is 1.76. The number of aromatic nitrogens is 1. The van der Waals surface area contributed by atoms with Crippen LogP contribution in [-0.4, -0.2) is 37.6 Å². The van der Waals surface area contributed by atoms with Gasteiger partial charge in [0.1, 0.15) is 13.3 Å². The highest BCUT2D eigenvalue weighted by Gasteiger charge is 2.27. The minimum atomic E-state index is -4.29. The summed E-state index contributed by atoms with van der Waals surface area (Å²) in [5, 5.41) is 3.11. The van der Waals surface area contributed by atoms with Crippen LogP contribution in [0.5, 0.6) is 0 Å². The van der Waals surface area contributed by atoms with Crippen LogP contribution in [-0.2, 0) is 22.7 Å². The number of halogens is 3. The van der Waals surface area contributed by atoms with Crippen LogP contribution in [0.1, 0.15) is 5.69 Å². The lowest BCUT2D eigenvalue weighted by molar-refractivity contribution is -0.182. The summed E-state index contributed by atoms with van der Waals surface area (Å²) in [5.41, 5.74) is 0.869. The van der Waals surface area contributed by atoms with Crippen LogP contribution in [0.3, 0.4) is 0 Å². The first kappa shape index (κ1) is 15.0. The van der Waals surface area contributed by atoms with Crippen molar-refractivity contribution in [3.05, 3.63) is 24.0 Å². The van der Waals surface area contributed by atoms with E-state index in [1.807, 2.05) is 6.07 Å². The Labute approximate surface area is 104 Å². The highest BCUT2D eigenvalue weighted by atomic mass is 19.4. The zero-order valence-electron chi connectivity index (χ0n) is 10.2. The number of rotatable bonds is 8. The quantitative estimate of drug-likeness (QED) is 0.728. The van der Waals surface area contributed by atoms with Crippen molar-refractivity contribution in [2.75, 3.05) is 26.9 Å². The lowest BCUT2D eigenvalue weighted by Gasteiger charge is -2.12. The minimum absolute atomic E-state index is 0.103. The van der Waals surface area contributed by atoms with Gasteiger partial charge >= 0.3 is 6.18 Å². The molecule has 0 aliphatic carbocycles. The van der Waals surface area contributed by atoms with E-state index in [4.69, 9.17) is 4.74 Å². The maximum atomic E-state index is 11.9. The third-order valence-electron chi connectivity index (χ3n) is 2.21. The summed E-state index contributed by atoms with van der Waals surface area (Å²) >= 11 is 0. The first-order valence-corrected chi connectivity index (χ1v) is 5.51. The van der Waals surface area contributed by atoms with Gasteiger partial charge < -0.3 is 19.4 Å². The fourth-order valence-electron chi connectivity index (χ4n) is 1.39. The average molecular weight is 266 g/mol. The molecular weight excluding hydrogens is 249 g/mol. The number of nitrogens with one attached hydrogen (secondary N) is 1. The maximum Gasteiger partial charge on any atom is 0.411 e. The molecule has 0 radical (unpaired) electrons. The summed E-state index contributed by atoms with van der Waals surface area (Å²) < 4.78 is 46.8. The normalized spacial score (nSPS) is 12.0. The molecule has 4 nitrogen and oxygen atoms in total. The second-order valence-electron chi connectivity index (χ2n) is 3.73. The van der Waals surface area contributed by atoms with Gasteiger partial charge in [-0.05, 0) is 12.1 Å². The number of ether oxygens (including phenoxy) is 2. The van der Waals surface area contributed by atoms with Crippen LogP contribution in [0.2, 0.25) is 0 Å². The summed E-state index contributed by atoms with van der Waals surface area (Å²) in [5.74, 6) is 0. The molecule has 0 spiro atoms. The van der Waals surface area contributed by atoms with E-state index in [2.05, 4.69) is 10.1 Å². The lowest BCUT2D eigenvalue weighted by Crippen LogP contribution is -2.22. The Hall–Kier alpha value is -1.05. The summed E-state index contributed by atoms with van der Waals surface area (Å²) in [4.78, 5) is 0. The molecule has 18 heavy (non-hydrogen) atoms. The molecule has 1 heterocycles. The van der Waals surface area contributed by atoms with Crippen molar-refractivity contribution < 1.29 is 22.6 Å². The van der Waals surface area contributed by atoms with Crippen molar-refractivity contribution in [1.82, 2.24) is 9.88 Å². The first-order valence-electron chi connectivity index (χ1n) is 5.51. The van der Waals surface area contributed by atoms with E-state index in [0.29, 0.717) is 19.7 Å². The Bertz CT molecular complexity index is 339. The van der Waals surface area contributed by atoms with E-state index in [1.165, 1.54) is 0 Å². The molecule has 0 aliphatic heterocycles. The highest BCUT2D eigenvalue weighted by molar-refractivity contribution is 5.06. The maximum absolute atomic E-state index is 11.9. The van der Waals surface area contributed by atoms with Gasteiger partial charge in [0.15, 0.2) is 0 Å². The average Bonchev–Trinajstić information content (AvgIpc) is 2.71. The monoisotopic (exact) mass is 266 g/mol. The molecule has 1 aromatic heterocycles. The molecule has 0 bridgehead atoms. The highest BCUT2D eigenvalue weighted by Crippen LogP contribution is 2.15. The lowest BCUT2D eigenvalue weighted by atomic mass is 10.4. The summed E-state index contributed by atoms with van der Waals surface area (Å²) in [6, 6.07) is 3.60. The molecule has 1 aromatic rings. The molecule has 0 aromatic carbocycles. The SMILES string of the molecule is COCCNCc1cccn1COCC(F)(F)F. The zero-order valence-corrected chi connectivity index (χ0v) is 10.2. The Morgan fingerprint density at radius 3 is 2.83 bits per heavy atom. The third kappa shape index (κ3) is 6.04. The standard InChI is InChI=1S/C11H17F3N2O2/c1-17-6-4-15-7-10-3-2-5-16(10)9-18-8-11(12,13)14/h2-3,5,15H,4,6-9H2,1H3. The van der Waals surface area contributed by atoms with Crippen molar-refractivity contribution in [2.45, 2.75) is 19.5 Å². The second kappa shape index (κ2) is 7.40. The van der Waals surface area contributed by atoms with E-state index in [0.717, 1.165) is 5.69 Å². The molecule has 0 saturated heterocycles. The molecular formula is C11H17F3N2O2. The first-order chi connectivity index (χ1) is 8.53. The van der Waals surface area contributed by atoms with Gasteiger partial charge in [-0.3, -0.25) is 0 Å². The third-order valence-corrected chi connectivity index (χ3v) is 2.21. The molecule has 0 unspecified atom stereocenters. The molecule has 0 fully saturated rings. The van der Waals surface area contributed by atoms with Gasteiger partial charge in [-0.2, -0.15) is 13.2 Å². The van der Waals surface area contributed by atoms with Gasteiger partial charge in [-0.25, -0.2) is 0 Å². The fraction of sp³-hybridized carbons (Fsp3) is 0.636. The van der Waals surface area contributed by atoms with Crippen LogP contribution >= 0.6 is 0 Å². The van der Waals surface area contributed by atoms with Gasteiger partial charge in [-0.1, -0.05) is 0 Å². The van der Waals surface area contributed by atoms with Gasteiger partial charge in [-0.15, -0.1) is 0 Å². The Morgan fingerprint density at radius 1 is 1.39 bits per heavy atom. The molecule has 1 rings (SSSR count). The second-order valence-corrected chi connectivity index (χ2v) is 3.73. The van der Waals surface area contributed by atoms with Crippen molar-refractivity contribution in [2.24, 2.45) is 0 Å². The number of alkyl halides is 3. The smallest absolute Gasteiger partial charge is 0.383 e. The van der Waals surface area contributed by atoms with E-state index >= 15 is 0 Å². The molecule has 0 atom stereocenters. The Balaban J connectivity index is 2.31. The molecule has 104 valence electrons. The number of hydrogen-bond acceptors (Lipinski definition) is 3. The summed E-state index contributed by atoms with van der Waals surface area (Å²) in [6.07, 6.45) is -2.60. The van der Waals surface area contributed by atoms with Crippen molar-refractivity contribution in [3.8, 4) is 0 Å². The van der Waals surface area contributed by atoms with Crippen LogP contribution in [0, 0.1) is 0 Å². The predicted molar refractivity (Wildman–Crippen MR) is 60.0 cm³/mol. The minimum Gasteiger partial charge on any atom is -0.383 e. The summed E-state index contributed by atoms with van der Waals surface area (Å²) in [6.45, 7) is 0.498. The molecule has 0 saturated carbocycles. The van der Waals surface area contributed by atoms with Crippen molar-refractivity contribution in [3.63, 3.8) is 0 Å². The van der Waals surface area contributed by atoms with Crippen LogP contribution in [0.25, 0.3) is 0 Å². The topological polar surface area (TPSA) is 35.4 Å². The molecule has 1 N–H and O–H groups in total. The van der Waals surface area contributed by atoms with Gasteiger partial charge in [0.05, 0.1) is 6.61 Å². The van der Waals surface area contributed by atoms with E-state index in [1.54, 1.807) is 23.9 Å². The number of hydrogen-bond donors (Lipinski definition) is 1. The van der Waals surface area contributed by atoms with Crippen LogP contribution in [0.4, 0.5) is 13.2 Å². The zero-order chi connectivity index (χ0) is 13.4. The van der Waals surface area contributed by atoms with Gasteiger partial charge in [0.2, 0.25) is 0 Å². The Kier molecular flexibility index (Phi) is 6.17. The van der Waals surface area contributed by atoms with Crippen molar-refractivity contribution in [1.29, 1.82) is 0 Å². The number of nitrogens with zero attached hydrogens (tertiary/aromatic N) is 1. The molecule has 0 aliphatic rings.